The molecule has 0 spiro atoms. The monoisotopic (exact) mass is 523 g/mol. The van der Waals surface area contributed by atoms with Crippen molar-refractivity contribution in [2.45, 2.75) is 52.8 Å². The van der Waals surface area contributed by atoms with Crippen molar-refractivity contribution in [1.29, 1.82) is 0 Å². The second kappa shape index (κ2) is 10.7. The summed E-state index contributed by atoms with van der Waals surface area (Å²) in [5.74, 6) is 0.783. The molecule has 4 aromatic rings. The molecule has 38 heavy (non-hydrogen) atoms. The average Bonchev–Trinajstić information content (AvgIpc) is 3.25. The fourth-order valence-corrected chi connectivity index (χ4v) is 4.01. The van der Waals surface area contributed by atoms with E-state index in [0.29, 0.717) is 17.2 Å². The Labute approximate surface area is 218 Å². The minimum atomic E-state index is -4.64. The molecule has 2 heterocycles. The van der Waals surface area contributed by atoms with Crippen LogP contribution >= 0.6 is 0 Å². The summed E-state index contributed by atoms with van der Waals surface area (Å²) in [5.41, 5.74) is 2.85. The highest BCUT2D eigenvalue weighted by atomic mass is 19.4. The van der Waals surface area contributed by atoms with Gasteiger partial charge in [0.15, 0.2) is 11.6 Å². The van der Waals surface area contributed by atoms with E-state index in [2.05, 4.69) is 20.4 Å². The SMILES string of the molecule is CCc1cc(-n2nc(C)cc2Nc2cc(CC(=O)c3cc(C(C)O)cc(C(F)(F)F)c3)ccc2C)ncn1. The molecule has 1 unspecified atom stereocenters. The Balaban J connectivity index is 1.62. The molecule has 198 valence electrons. The van der Waals surface area contributed by atoms with E-state index in [1.165, 1.54) is 19.3 Å². The number of anilines is 2. The number of aliphatic hydroxyl groups excluding tert-OH is 1. The summed E-state index contributed by atoms with van der Waals surface area (Å²) in [7, 11) is 0. The number of hydrogen-bond donors (Lipinski definition) is 2. The van der Waals surface area contributed by atoms with Crippen molar-refractivity contribution in [3.8, 4) is 5.82 Å². The van der Waals surface area contributed by atoms with Crippen LogP contribution < -0.4 is 5.32 Å². The van der Waals surface area contributed by atoms with E-state index in [0.717, 1.165) is 41.2 Å². The van der Waals surface area contributed by atoms with Crippen LogP contribution in [0.3, 0.4) is 0 Å². The largest absolute Gasteiger partial charge is 0.416 e. The van der Waals surface area contributed by atoms with E-state index in [1.54, 1.807) is 16.8 Å². The molecule has 0 fully saturated rings. The number of nitrogens with zero attached hydrogens (tertiary/aromatic N) is 4. The van der Waals surface area contributed by atoms with E-state index >= 15 is 0 Å². The quantitative estimate of drug-likeness (QED) is 0.272. The molecule has 0 radical (unpaired) electrons. The number of nitrogens with one attached hydrogen (secondary N) is 1. The minimum Gasteiger partial charge on any atom is -0.389 e. The summed E-state index contributed by atoms with van der Waals surface area (Å²) in [4.78, 5) is 21.6. The van der Waals surface area contributed by atoms with Crippen LogP contribution in [0, 0.1) is 13.8 Å². The van der Waals surface area contributed by atoms with Gasteiger partial charge in [-0.3, -0.25) is 4.79 Å². The second-order valence-corrected chi connectivity index (χ2v) is 9.20. The number of aromatic nitrogens is 4. The number of carbonyl (C=O) groups excluding carboxylic acids is 1. The maximum atomic E-state index is 13.4. The molecule has 0 amide bonds. The fraction of sp³-hybridized carbons (Fsp3) is 0.286. The van der Waals surface area contributed by atoms with Gasteiger partial charge in [0.1, 0.15) is 12.1 Å². The van der Waals surface area contributed by atoms with Crippen molar-refractivity contribution in [3.63, 3.8) is 0 Å². The zero-order valence-electron chi connectivity index (χ0n) is 21.5. The highest BCUT2D eigenvalue weighted by molar-refractivity contribution is 5.98. The number of carbonyl (C=O) groups is 1. The Kier molecular flexibility index (Phi) is 7.63. The number of rotatable bonds is 8. The molecule has 2 aromatic heterocycles. The molecule has 0 aliphatic rings. The van der Waals surface area contributed by atoms with E-state index in [-0.39, 0.29) is 17.5 Å². The first-order chi connectivity index (χ1) is 17.9. The lowest BCUT2D eigenvalue weighted by atomic mass is 9.96. The van der Waals surface area contributed by atoms with Crippen molar-refractivity contribution >= 4 is 17.3 Å². The highest BCUT2D eigenvalue weighted by Gasteiger charge is 2.32. The zero-order chi connectivity index (χ0) is 27.6. The third-order valence-corrected chi connectivity index (χ3v) is 6.14. The number of benzene rings is 2. The normalized spacial score (nSPS) is 12.4. The van der Waals surface area contributed by atoms with Crippen LogP contribution in [-0.4, -0.2) is 30.6 Å². The van der Waals surface area contributed by atoms with Gasteiger partial charge < -0.3 is 10.4 Å². The second-order valence-electron chi connectivity index (χ2n) is 9.20. The predicted molar refractivity (Wildman–Crippen MR) is 138 cm³/mol. The molecule has 7 nitrogen and oxygen atoms in total. The summed E-state index contributed by atoms with van der Waals surface area (Å²) in [6.45, 7) is 7.13. The molecule has 1 atom stereocenters. The van der Waals surface area contributed by atoms with Crippen molar-refractivity contribution in [1.82, 2.24) is 19.7 Å². The molecule has 10 heteroatoms. The first kappa shape index (κ1) is 27.0. The minimum absolute atomic E-state index is 0.0361. The van der Waals surface area contributed by atoms with Gasteiger partial charge in [0.25, 0.3) is 0 Å². The number of aliphatic hydroxyl groups is 1. The summed E-state index contributed by atoms with van der Waals surface area (Å²) in [5, 5.41) is 17.7. The Morgan fingerprint density at radius 1 is 1.08 bits per heavy atom. The van der Waals surface area contributed by atoms with Crippen molar-refractivity contribution < 1.29 is 23.1 Å². The topological polar surface area (TPSA) is 92.9 Å². The molecule has 0 aliphatic carbocycles. The summed E-state index contributed by atoms with van der Waals surface area (Å²) in [6.07, 6.45) is -3.65. The van der Waals surface area contributed by atoms with Gasteiger partial charge in [-0.15, -0.1) is 0 Å². The van der Waals surface area contributed by atoms with E-state index in [1.807, 2.05) is 39.0 Å². The van der Waals surface area contributed by atoms with Crippen molar-refractivity contribution in [2.75, 3.05) is 5.32 Å². The lowest BCUT2D eigenvalue weighted by Crippen LogP contribution is -2.11. The number of aryl methyl sites for hydroxylation is 3. The van der Waals surface area contributed by atoms with Gasteiger partial charge in [0, 0.05) is 35.5 Å². The number of halogens is 3. The van der Waals surface area contributed by atoms with Gasteiger partial charge in [0.05, 0.1) is 17.4 Å². The number of alkyl halides is 3. The molecule has 4 rings (SSSR count). The Bertz CT molecular complexity index is 1480. The average molecular weight is 524 g/mol. The zero-order valence-corrected chi connectivity index (χ0v) is 21.5. The first-order valence-electron chi connectivity index (χ1n) is 12.1. The summed E-state index contributed by atoms with van der Waals surface area (Å²) in [6, 6.07) is 12.1. The van der Waals surface area contributed by atoms with Crippen molar-refractivity contribution in [2.24, 2.45) is 0 Å². The summed E-state index contributed by atoms with van der Waals surface area (Å²) < 4.78 is 41.8. The standard InChI is InChI=1S/C28H28F3N5O2/c1-5-23-14-26(33-15-32-23)36-27(8-17(3)35-36)34-24-9-19(7-6-16(24)2)10-25(38)21-11-20(18(4)37)12-22(13-21)28(29,30)31/h6-9,11-15,18,34,37H,5,10H2,1-4H3. The third kappa shape index (κ3) is 6.08. The van der Waals surface area contributed by atoms with Crippen LogP contribution in [0.2, 0.25) is 0 Å². The van der Waals surface area contributed by atoms with Gasteiger partial charge in [-0.2, -0.15) is 23.0 Å². The van der Waals surface area contributed by atoms with Crippen molar-refractivity contribution in [3.05, 3.63) is 94.1 Å². The Hall–Kier alpha value is -4.05. The molecule has 0 aliphatic heterocycles. The van der Waals surface area contributed by atoms with Gasteiger partial charge in [-0.25, -0.2) is 9.97 Å². The molecular formula is C28H28F3N5O2. The molecule has 0 saturated heterocycles. The highest BCUT2D eigenvalue weighted by Crippen LogP contribution is 2.33. The molecule has 2 aromatic carbocycles. The van der Waals surface area contributed by atoms with Gasteiger partial charge in [-0.05, 0) is 68.1 Å². The van der Waals surface area contributed by atoms with E-state index in [4.69, 9.17) is 0 Å². The third-order valence-electron chi connectivity index (χ3n) is 6.14. The Morgan fingerprint density at radius 2 is 1.84 bits per heavy atom. The smallest absolute Gasteiger partial charge is 0.389 e. The number of hydrogen-bond acceptors (Lipinski definition) is 6. The first-order valence-corrected chi connectivity index (χ1v) is 12.1. The van der Waals surface area contributed by atoms with E-state index < -0.39 is 23.6 Å². The van der Waals surface area contributed by atoms with Gasteiger partial charge >= 0.3 is 6.18 Å². The maximum absolute atomic E-state index is 13.4. The Morgan fingerprint density at radius 3 is 2.53 bits per heavy atom. The fourth-order valence-electron chi connectivity index (χ4n) is 4.01. The van der Waals surface area contributed by atoms with Crippen LogP contribution in [0.1, 0.15) is 64.0 Å². The molecule has 0 bridgehead atoms. The van der Waals surface area contributed by atoms with Crippen LogP contribution in [0.15, 0.2) is 54.9 Å². The summed E-state index contributed by atoms with van der Waals surface area (Å²) >= 11 is 0. The number of ketones is 1. The van der Waals surface area contributed by atoms with Gasteiger partial charge in [-0.1, -0.05) is 19.1 Å². The lowest BCUT2D eigenvalue weighted by molar-refractivity contribution is -0.137. The molecular weight excluding hydrogens is 495 g/mol. The molecule has 2 N–H and O–H groups in total. The predicted octanol–water partition coefficient (Wildman–Crippen LogP) is 6.08. The van der Waals surface area contributed by atoms with Crippen LogP contribution in [0.5, 0.6) is 0 Å². The van der Waals surface area contributed by atoms with Crippen LogP contribution in [0.25, 0.3) is 5.82 Å². The van der Waals surface area contributed by atoms with Crippen LogP contribution in [-0.2, 0) is 19.0 Å². The molecule has 0 saturated carbocycles. The maximum Gasteiger partial charge on any atom is 0.416 e. The van der Waals surface area contributed by atoms with Gasteiger partial charge in [0.2, 0.25) is 0 Å². The van der Waals surface area contributed by atoms with Crippen LogP contribution in [0.4, 0.5) is 24.7 Å². The van der Waals surface area contributed by atoms with E-state index in [9.17, 15) is 23.1 Å². The number of Topliss-reactive ketones (excluding diaryl/α,β-unsaturated/α-hetero) is 1. The lowest BCUT2D eigenvalue weighted by Gasteiger charge is -2.15.